The van der Waals surface area contributed by atoms with Crippen molar-refractivity contribution in [1.82, 2.24) is 9.97 Å². The van der Waals surface area contributed by atoms with Crippen LogP contribution in [-0.4, -0.2) is 9.97 Å². The molecule has 3 heteroatoms. The fourth-order valence-corrected chi connectivity index (χ4v) is 10.6. The van der Waals surface area contributed by atoms with E-state index in [-0.39, 0.29) is 0 Å². The van der Waals surface area contributed by atoms with Gasteiger partial charge in [0.25, 0.3) is 0 Å². The molecule has 0 aliphatic heterocycles. The number of fused-ring (bicyclic) bond motifs is 7. The van der Waals surface area contributed by atoms with Gasteiger partial charge in [0.15, 0.2) is 5.82 Å². The number of rotatable bonds is 7. The molecule has 0 bridgehead atoms. The maximum absolute atomic E-state index is 6.16. The third kappa shape index (κ3) is 5.98. The standard InChI is InChI=1S/C63H40N2O/c1-3-18-46(19-4-1)63(47-20-5-2-6-21-47)56-28-13-11-24-51(56)52-36-34-45(39-57(52)63)59-40-58(43-32-30-41(31-33-43)44-35-37-61-55(38-44)53-25-12-14-29-60(53)66-61)64-62(65-59)54-26-10-9-23-50(54)49-27-15-17-42-16-7-8-22-48(42)49/h1-40H. The van der Waals surface area contributed by atoms with E-state index in [1.165, 1.54) is 44.2 Å². The summed E-state index contributed by atoms with van der Waals surface area (Å²) in [6, 6.07) is 87.1. The average Bonchev–Trinajstić information content (AvgIpc) is 3.92. The van der Waals surface area contributed by atoms with Gasteiger partial charge in [-0.1, -0.05) is 212 Å². The Labute approximate surface area is 383 Å². The lowest BCUT2D eigenvalue weighted by Crippen LogP contribution is -2.28. The van der Waals surface area contributed by atoms with Crippen molar-refractivity contribution < 1.29 is 4.42 Å². The van der Waals surface area contributed by atoms with Crippen LogP contribution in [0.25, 0.3) is 100.0 Å². The summed E-state index contributed by atoms with van der Waals surface area (Å²) in [5.74, 6) is 0.675. The summed E-state index contributed by atoms with van der Waals surface area (Å²) in [6.07, 6.45) is 0. The molecule has 1 aliphatic rings. The lowest BCUT2D eigenvalue weighted by molar-refractivity contribution is 0.669. The summed E-state index contributed by atoms with van der Waals surface area (Å²) in [6.45, 7) is 0. The van der Waals surface area contributed by atoms with Gasteiger partial charge >= 0.3 is 0 Å². The number of nitrogens with zero attached hydrogens (tertiary/aromatic N) is 2. The predicted octanol–water partition coefficient (Wildman–Crippen LogP) is 16.2. The van der Waals surface area contributed by atoms with Crippen molar-refractivity contribution in [3.63, 3.8) is 0 Å². The van der Waals surface area contributed by atoms with Crippen LogP contribution >= 0.6 is 0 Å². The summed E-state index contributed by atoms with van der Waals surface area (Å²) < 4.78 is 6.16. The van der Waals surface area contributed by atoms with Crippen molar-refractivity contribution in [2.45, 2.75) is 5.41 Å². The van der Waals surface area contributed by atoms with Crippen LogP contribution < -0.4 is 0 Å². The third-order valence-corrected chi connectivity index (χ3v) is 13.6. The van der Waals surface area contributed by atoms with E-state index in [9.17, 15) is 0 Å². The quantitative estimate of drug-likeness (QED) is 0.160. The highest BCUT2D eigenvalue weighted by atomic mass is 16.3. The van der Waals surface area contributed by atoms with Gasteiger partial charge in [-0.2, -0.15) is 0 Å². The Bertz CT molecular complexity index is 3770. The second-order valence-corrected chi connectivity index (χ2v) is 17.2. The van der Waals surface area contributed by atoms with E-state index in [0.717, 1.165) is 72.3 Å². The molecule has 12 aromatic rings. The van der Waals surface area contributed by atoms with Crippen molar-refractivity contribution in [2.75, 3.05) is 0 Å². The molecule has 2 heterocycles. The summed E-state index contributed by atoms with van der Waals surface area (Å²) >= 11 is 0. The first kappa shape index (κ1) is 37.9. The largest absolute Gasteiger partial charge is 0.456 e. The van der Waals surface area contributed by atoms with Gasteiger partial charge in [-0.25, -0.2) is 9.97 Å². The SMILES string of the molecule is c1ccc(C2(c3ccccc3)c3ccccc3-c3ccc(-c4cc(-c5ccc(-c6ccc7oc8ccccc8c7c6)cc5)nc(-c5ccccc5-c5cccc6ccccc56)n4)cc32)cc1. The Morgan fingerprint density at radius 1 is 0.303 bits per heavy atom. The monoisotopic (exact) mass is 840 g/mol. The van der Waals surface area contributed by atoms with Gasteiger partial charge in [-0.3, -0.25) is 0 Å². The van der Waals surface area contributed by atoms with Crippen LogP contribution in [0.1, 0.15) is 22.3 Å². The fraction of sp³-hybridized carbons (Fsp3) is 0.0159. The first-order valence-electron chi connectivity index (χ1n) is 22.6. The molecular formula is C63H40N2O. The average molecular weight is 841 g/mol. The lowest BCUT2D eigenvalue weighted by Gasteiger charge is -2.34. The zero-order valence-corrected chi connectivity index (χ0v) is 35.9. The molecule has 13 rings (SSSR count). The van der Waals surface area contributed by atoms with Crippen molar-refractivity contribution in [1.29, 1.82) is 0 Å². The van der Waals surface area contributed by atoms with Crippen molar-refractivity contribution in [2.24, 2.45) is 0 Å². The number of aromatic nitrogens is 2. The van der Waals surface area contributed by atoms with Gasteiger partial charge in [-0.05, 0) is 96.7 Å². The minimum absolute atomic E-state index is 0.536. The Hall–Kier alpha value is -8.66. The van der Waals surface area contributed by atoms with Gasteiger partial charge in [0.2, 0.25) is 0 Å². The minimum atomic E-state index is -0.536. The minimum Gasteiger partial charge on any atom is -0.456 e. The molecule has 0 saturated heterocycles. The predicted molar refractivity (Wildman–Crippen MR) is 271 cm³/mol. The number of benzene rings is 10. The van der Waals surface area contributed by atoms with Gasteiger partial charge < -0.3 is 4.42 Å². The van der Waals surface area contributed by atoms with E-state index in [4.69, 9.17) is 14.4 Å². The van der Waals surface area contributed by atoms with Crippen LogP contribution in [0.2, 0.25) is 0 Å². The van der Waals surface area contributed by atoms with Crippen LogP contribution in [0, 0.1) is 0 Å². The van der Waals surface area contributed by atoms with Crippen molar-refractivity contribution in [3.8, 4) is 67.3 Å². The second-order valence-electron chi connectivity index (χ2n) is 17.2. The molecule has 3 nitrogen and oxygen atoms in total. The van der Waals surface area contributed by atoms with E-state index in [1.54, 1.807) is 0 Å². The van der Waals surface area contributed by atoms with E-state index < -0.39 is 5.41 Å². The van der Waals surface area contributed by atoms with Gasteiger partial charge in [0.05, 0.1) is 16.8 Å². The first-order valence-corrected chi connectivity index (χ1v) is 22.6. The van der Waals surface area contributed by atoms with Crippen LogP contribution in [0.5, 0.6) is 0 Å². The molecule has 1 aliphatic carbocycles. The van der Waals surface area contributed by atoms with E-state index >= 15 is 0 Å². The summed E-state index contributed by atoms with van der Waals surface area (Å²) in [5, 5.41) is 4.62. The van der Waals surface area contributed by atoms with Gasteiger partial charge in [0.1, 0.15) is 11.2 Å². The Morgan fingerprint density at radius 2 is 0.848 bits per heavy atom. The molecule has 0 N–H and O–H groups in total. The highest BCUT2D eigenvalue weighted by molar-refractivity contribution is 6.06. The second kappa shape index (κ2) is 15.3. The first-order chi connectivity index (χ1) is 32.7. The van der Waals surface area contributed by atoms with Crippen molar-refractivity contribution in [3.05, 3.63) is 265 Å². The van der Waals surface area contributed by atoms with Gasteiger partial charge in [0, 0.05) is 27.5 Å². The summed E-state index contributed by atoms with van der Waals surface area (Å²) in [5.41, 5.74) is 17.9. The van der Waals surface area contributed by atoms with E-state index in [2.05, 4.69) is 231 Å². The molecule has 0 unspecified atom stereocenters. The third-order valence-electron chi connectivity index (χ3n) is 13.6. The maximum atomic E-state index is 6.16. The Morgan fingerprint density at radius 3 is 1.64 bits per heavy atom. The van der Waals surface area contributed by atoms with E-state index in [1.807, 2.05) is 12.1 Å². The molecule has 10 aromatic carbocycles. The summed E-state index contributed by atoms with van der Waals surface area (Å²) in [4.78, 5) is 11.0. The number of furan rings is 1. The molecule has 0 atom stereocenters. The van der Waals surface area contributed by atoms with Crippen molar-refractivity contribution >= 4 is 32.7 Å². The molecule has 0 amide bonds. The zero-order chi connectivity index (χ0) is 43.6. The highest BCUT2D eigenvalue weighted by Gasteiger charge is 2.46. The molecular weight excluding hydrogens is 801 g/mol. The number of hydrogen-bond donors (Lipinski definition) is 0. The smallest absolute Gasteiger partial charge is 0.161 e. The summed E-state index contributed by atoms with van der Waals surface area (Å²) in [7, 11) is 0. The van der Waals surface area contributed by atoms with Crippen LogP contribution in [0.3, 0.4) is 0 Å². The molecule has 0 radical (unpaired) electrons. The molecule has 2 aromatic heterocycles. The molecule has 66 heavy (non-hydrogen) atoms. The number of para-hydroxylation sites is 1. The van der Waals surface area contributed by atoms with Crippen LogP contribution in [-0.2, 0) is 5.41 Å². The molecule has 0 fully saturated rings. The normalized spacial score (nSPS) is 12.7. The van der Waals surface area contributed by atoms with Gasteiger partial charge in [-0.15, -0.1) is 0 Å². The fourth-order valence-electron chi connectivity index (χ4n) is 10.6. The topological polar surface area (TPSA) is 38.9 Å². The van der Waals surface area contributed by atoms with E-state index in [0.29, 0.717) is 5.82 Å². The molecule has 308 valence electrons. The van der Waals surface area contributed by atoms with Crippen LogP contribution in [0.15, 0.2) is 247 Å². The number of hydrogen-bond acceptors (Lipinski definition) is 3. The Kier molecular flexibility index (Phi) is 8.75. The molecule has 0 saturated carbocycles. The molecule has 0 spiro atoms. The Balaban J connectivity index is 1.01. The lowest BCUT2D eigenvalue weighted by atomic mass is 9.67. The maximum Gasteiger partial charge on any atom is 0.161 e. The van der Waals surface area contributed by atoms with Crippen LogP contribution in [0.4, 0.5) is 0 Å². The highest BCUT2D eigenvalue weighted by Crippen LogP contribution is 2.56. The zero-order valence-electron chi connectivity index (χ0n) is 35.9.